The third-order valence-corrected chi connectivity index (χ3v) is 5.14. The van der Waals surface area contributed by atoms with Crippen LogP contribution in [-0.4, -0.2) is 18.8 Å². The largest absolute Gasteiger partial charge is 0.497 e. The number of ether oxygens (including phenoxy) is 2. The smallest absolute Gasteiger partial charge is 0.171 e. The molecule has 0 radical (unpaired) electrons. The molecule has 0 aliphatic heterocycles. The van der Waals surface area contributed by atoms with E-state index < -0.39 is 0 Å². The Morgan fingerprint density at radius 3 is 2.30 bits per heavy atom. The number of methoxy groups -OCH3 is 1. The third kappa shape index (κ3) is 4.80. The van der Waals surface area contributed by atoms with Crippen molar-refractivity contribution in [3.63, 3.8) is 0 Å². The van der Waals surface area contributed by atoms with Gasteiger partial charge in [0, 0.05) is 5.69 Å². The van der Waals surface area contributed by atoms with Crippen LogP contribution in [0.1, 0.15) is 31.2 Å². The van der Waals surface area contributed by atoms with Crippen LogP contribution in [0, 0.1) is 0 Å². The predicted molar refractivity (Wildman–Crippen MR) is 115 cm³/mol. The molecule has 0 saturated heterocycles. The Kier molecular flexibility index (Phi) is 6.35. The minimum atomic E-state index is -0.122. The second kappa shape index (κ2) is 8.91. The van der Waals surface area contributed by atoms with Crippen molar-refractivity contribution in [1.29, 1.82) is 0 Å². The molecule has 2 aromatic carbocycles. The van der Waals surface area contributed by atoms with Crippen LogP contribution in [0.5, 0.6) is 11.5 Å². The molecule has 1 aliphatic rings. The Morgan fingerprint density at radius 2 is 1.70 bits per heavy atom. The van der Waals surface area contributed by atoms with E-state index in [9.17, 15) is 0 Å². The summed E-state index contributed by atoms with van der Waals surface area (Å²) in [7, 11) is 1.69. The molecule has 0 atom stereocenters. The van der Waals surface area contributed by atoms with Gasteiger partial charge in [0.25, 0.3) is 0 Å². The highest BCUT2D eigenvalue weighted by molar-refractivity contribution is 7.80. The van der Waals surface area contributed by atoms with Crippen LogP contribution >= 0.6 is 12.2 Å². The maximum absolute atomic E-state index is 5.60. The topological polar surface area (TPSA) is 42.5 Å². The van der Waals surface area contributed by atoms with Crippen LogP contribution in [0.15, 0.2) is 61.2 Å². The highest BCUT2D eigenvalue weighted by Crippen LogP contribution is 2.39. The van der Waals surface area contributed by atoms with Gasteiger partial charge in [0.1, 0.15) is 18.1 Å². The lowest BCUT2D eigenvalue weighted by Crippen LogP contribution is -2.45. The standard InChI is InChI=1S/C22H26N2O2S/c1-3-16-26-20-12-8-18(9-13-20)23-21(27)24-22(14-4-5-15-22)17-6-10-19(25-2)11-7-17/h3,6-13H,1,4-5,14-16H2,2H3,(H2,23,24,27). The molecule has 1 aliphatic carbocycles. The maximum Gasteiger partial charge on any atom is 0.171 e. The molecule has 2 N–H and O–H groups in total. The second-order valence-electron chi connectivity index (χ2n) is 6.72. The Bertz CT molecular complexity index is 766. The van der Waals surface area contributed by atoms with Gasteiger partial charge >= 0.3 is 0 Å². The number of rotatable bonds is 7. The van der Waals surface area contributed by atoms with E-state index in [1.54, 1.807) is 13.2 Å². The molecular weight excluding hydrogens is 356 g/mol. The Balaban J connectivity index is 1.67. The molecule has 0 aromatic heterocycles. The second-order valence-corrected chi connectivity index (χ2v) is 7.13. The fourth-order valence-corrected chi connectivity index (χ4v) is 3.86. The van der Waals surface area contributed by atoms with Crippen molar-refractivity contribution in [1.82, 2.24) is 5.32 Å². The Labute approximate surface area is 166 Å². The predicted octanol–water partition coefficient (Wildman–Crippen LogP) is 5.02. The number of anilines is 1. The highest BCUT2D eigenvalue weighted by Gasteiger charge is 2.36. The Morgan fingerprint density at radius 1 is 1.07 bits per heavy atom. The van der Waals surface area contributed by atoms with E-state index in [1.165, 1.54) is 18.4 Å². The van der Waals surface area contributed by atoms with Crippen molar-refractivity contribution in [2.75, 3.05) is 19.0 Å². The van der Waals surface area contributed by atoms with Crippen molar-refractivity contribution in [2.24, 2.45) is 0 Å². The fourth-order valence-electron chi connectivity index (χ4n) is 3.54. The van der Waals surface area contributed by atoms with E-state index in [4.69, 9.17) is 21.7 Å². The zero-order chi connectivity index (χ0) is 19.1. The molecule has 0 unspecified atom stereocenters. The molecule has 4 nitrogen and oxygen atoms in total. The van der Waals surface area contributed by atoms with Gasteiger partial charge in [-0.15, -0.1) is 0 Å². The van der Waals surface area contributed by atoms with Crippen LogP contribution in [0.3, 0.4) is 0 Å². The van der Waals surface area contributed by atoms with Gasteiger partial charge in [0.15, 0.2) is 5.11 Å². The molecule has 5 heteroatoms. The quantitative estimate of drug-likeness (QED) is 0.520. The van der Waals surface area contributed by atoms with Gasteiger partial charge in [-0.25, -0.2) is 0 Å². The number of hydrogen-bond acceptors (Lipinski definition) is 3. The van der Waals surface area contributed by atoms with Gasteiger partial charge < -0.3 is 20.1 Å². The minimum Gasteiger partial charge on any atom is -0.497 e. The summed E-state index contributed by atoms with van der Waals surface area (Å²) < 4.78 is 10.8. The van der Waals surface area contributed by atoms with Crippen LogP contribution < -0.4 is 20.1 Å². The van der Waals surface area contributed by atoms with E-state index in [-0.39, 0.29) is 5.54 Å². The van der Waals surface area contributed by atoms with Crippen molar-refractivity contribution in [3.05, 3.63) is 66.7 Å². The molecule has 2 aromatic rings. The van der Waals surface area contributed by atoms with E-state index >= 15 is 0 Å². The molecule has 27 heavy (non-hydrogen) atoms. The van der Waals surface area contributed by atoms with Gasteiger partial charge in [-0.1, -0.05) is 37.6 Å². The summed E-state index contributed by atoms with van der Waals surface area (Å²) in [5, 5.41) is 7.50. The van der Waals surface area contributed by atoms with Gasteiger partial charge in [-0.2, -0.15) is 0 Å². The molecule has 1 fully saturated rings. The summed E-state index contributed by atoms with van der Waals surface area (Å²) in [6, 6.07) is 16.0. The summed E-state index contributed by atoms with van der Waals surface area (Å²) in [5.74, 6) is 1.68. The molecule has 1 saturated carbocycles. The molecule has 3 rings (SSSR count). The van der Waals surface area contributed by atoms with Gasteiger partial charge in [0.05, 0.1) is 12.6 Å². The Hall–Kier alpha value is -2.53. The van der Waals surface area contributed by atoms with E-state index in [0.29, 0.717) is 11.7 Å². The molecule has 142 valence electrons. The number of nitrogens with one attached hydrogen (secondary N) is 2. The lowest BCUT2D eigenvalue weighted by molar-refractivity contribution is 0.363. The van der Waals surface area contributed by atoms with E-state index in [2.05, 4.69) is 29.3 Å². The first-order valence-electron chi connectivity index (χ1n) is 9.23. The summed E-state index contributed by atoms with van der Waals surface area (Å²) in [4.78, 5) is 0. The molecule has 0 heterocycles. The maximum atomic E-state index is 5.60. The van der Waals surface area contributed by atoms with E-state index in [1.807, 2.05) is 36.4 Å². The summed E-state index contributed by atoms with van der Waals surface area (Å²) in [6.07, 6.45) is 6.24. The summed E-state index contributed by atoms with van der Waals surface area (Å²) >= 11 is 5.60. The molecule has 0 spiro atoms. The first-order chi connectivity index (χ1) is 13.1. The van der Waals surface area contributed by atoms with Crippen molar-refractivity contribution in [3.8, 4) is 11.5 Å². The number of benzene rings is 2. The minimum absolute atomic E-state index is 0.122. The van der Waals surface area contributed by atoms with Crippen LogP contribution in [-0.2, 0) is 5.54 Å². The average Bonchev–Trinajstić information content (AvgIpc) is 3.17. The lowest BCUT2D eigenvalue weighted by atomic mass is 9.88. The van der Waals surface area contributed by atoms with Gasteiger partial charge in [-0.05, 0) is 67.0 Å². The lowest BCUT2D eigenvalue weighted by Gasteiger charge is -2.32. The SMILES string of the molecule is C=CCOc1ccc(NC(=S)NC2(c3ccc(OC)cc3)CCCC2)cc1. The van der Waals surface area contributed by atoms with Gasteiger partial charge in [-0.3, -0.25) is 0 Å². The summed E-state index contributed by atoms with van der Waals surface area (Å²) in [5.41, 5.74) is 2.06. The first-order valence-corrected chi connectivity index (χ1v) is 9.63. The van der Waals surface area contributed by atoms with Crippen molar-refractivity contribution in [2.45, 2.75) is 31.2 Å². The average molecular weight is 383 g/mol. The number of hydrogen-bond donors (Lipinski definition) is 2. The monoisotopic (exact) mass is 382 g/mol. The third-order valence-electron chi connectivity index (χ3n) is 4.93. The number of thiocarbonyl (C=S) groups is 1. The molecule has 0 bridgehead atoms. The van der Waals surface area contributed by atoms with Gasteiger partial charge in [0.2, 0.25) is 0 Å². The zero-order valence-electron chi connectivity index (χ0n) is 15.7. The first kappa shape index (κ1) is 19.2. The normalized spacial score (nSPS) is 15.0. The van der Waals surface area contributed by atoms with E-state index in [0.717, 1.165) is 30.0 Å². The van der Waals surface area contributed by atoms with Crippen molar-refractivity contribution < 1.29 is 9.47 Å². The molecular formula is C22H26N2O2S. The summed E-state index contributed by atoms with van der Waals surface area (Å²) in [6.45, 7) is 4.15. The van der Waals surface area contributed by atoms with Crippen LogP contribution in [0.2, 0.25) is 0 Å². The van der Waals surface area contributed by atoms with Crippen LogP contribution in [0.4, 0.5) is 5.69 Å². The van der Waals surface area contributed by atoms with Crippen LogP contribution in [0.25, 0.3) is 0 Å². The highest BCUT2D eigenvalue weighted by atomic mass is 32.1. The zero-order valence-corrected chi connectivity index (χ0v) is 16.5. The molecule has 0 amide bonds. The fraction of sp³-hybridized carbons (Fsp3) is 0.318. The van der Waals surface area contributed by atoms with Crippen molar-refractivity contribution >= 4 is 23.0 Å².